The second-order valence-electron chi connectivity index (χ2n) is 4.84. The number of carboxylic acids is 1. The highest BCUT2D eigenvalue weighted by Crippen LogP contribution is 2.29. The van der Waals surface area contributed by atoms with E-state index in [4.69, 9.17) is 9.84 Å². The van der Waals surface area contributed by atoms with E-state index in [0.29, 0.717) is 15.6 Å². The van der Waals surface area contributed by atoms with Gasteiger partial charge in [0.25, 0.3) is 5.69 Å². The summed E-state index contributed by atoms with van der Waals surface area (Å²) in [5.74, 6) is -0.846. The van der Waals surface area contributed by atoms with Gasteiger partial charge in [-0.15, -0.1) is 0 Å². The zero-order chi connectivity index (χ0) is 18.4. The minimum absolute atomic E-state index is 0.129. The van der Waals surface area contributed by atoms with E-state index in [1.165, 1.54) is 24.3 Å². The Morgan fingerprint density at radius 2 is 2.12 bits per heavy atom. The van der Waals surface area contributed by atoms with E-state index in [2.05, 4.69) is 15.9 Å². The molecule has 126 valence electrons. The van der Waals surface area contributed by atoms with Gasteiger partial charge >= 0.3 is 5.97 Å². The molecule has 2 rings (SSSR count). The molecule has 0 aliphatic carbocycles. The second kappa shape index (κ2) is 8.08. The van der Waals surface area contributed by atoms with Gasteiger partial charge in [-0.25, -0.2) is 4.79 Å². The largest absolute Gasteiger partial charge is 0.481 e. The Morgan fingerprint density at radius 3 is 2.76 bits per heavy atom. The Balaban J connectivity index is 2.47. The number of nitro groups is 1. The number of nitriles is 1. The van der Waals surface area contributed by atoms with Crippen LogP contribution in [0.2, 0.25) is 0 Å². The molecule has 0 saturated heterocycles. The van der Waals surface area contributed by atoms with Gasteiger partial charge in [-0.2, -0.15) is 5.26 Å². The number of nitrogens with zero attached hydrogens (tertiary/aromatic N) is 2. The number of nitro benzene ring substituents is 1. The number of carboxylic acid groups (broad SMARTS) is 1. The molecule has 2 aromatic carbocycles. The first-order chi connectivity index (χ1) is 11.9. The zero-order valence-corrected chi connectivity index (χ0v) is 14.3. The van der Waals surface area contributed by atoms with Crippen LogP contribution in [-0.2, 0) is 4.79 Å². The predicted molar refractivity (Wildman–Crippen MR) is 93.9 cm³/mol. The molecule has 25 heavy (non-hydrogen) atoms. The van der Waals surface area contributed by atoms with E-state index in [1.807, 2.05) is 6.07 Å². The number of allylic oxidation sites excluding steroid dienone is 1. The van der Waals surface area contributed by atoms with E-state index < -0.39 is 17.5 Å². The smallest absolute Gasteiger partial charge is 0.341 e. The van der Waals surface area contributed by atoms with Gasteiger partial charge in [-0.1, -0.05) is 28.1 Å². The number of halogens is 1. The van der Waals surface area contributed by atoms with Crippen LogP contribution in [0.3, 0.4) is 0 Å². The van der Waals surface area contributed by atoms with Crippen molar-refractivity contribution in [2.24, 2.45) is 0 Å². The van der Waals surface area contributed by atoms with E-state index in [0.717, 1.165) is 0 Å². The maximum Gasteiger partial charge on any atom is 0.341 e. The van der Waals surface area contributed by atoms with Gasteiger partial charge in [0.05, 0.1) is 16.6 Å². The minimum atomic E-state index is -1.13. The average Bonchev–Trinajstić information content (AvgIpc) is 2.58. The maximum absolute atomic E-state index is 10.9. The summed E-state index contributed by atoms with van der Waals surface area (Å²) < 4.78 is 5.92. The van der Waals surface area contributed by atoms with Gasteiger partial charge < -0.3 is 9.84 Å². The highest BCUT2D eigenvalue weighted by Gasteiger charge is 2.11. The molecule has 1 N–H and O–H groups in total. The maximum atomic E-state index is 10.9. The zero-order valence-electron chi connectivity index (χ0n) is 12.7. The fourth-order valence-electron chi connectivity index (χ4n) is 2.03. The Kier molecular flexibility index (Phi) is 5.87. The van der Waals surface area contributed by atoms with Crippen LogP contribution in [0.25, 0.3) is 11.6 Å². The number of carbonyl (C=O) groups is 1. The molecule has 0 aliphatic heterocycles. The van der Waals surface area contributed by atoms with Crippen LogP contribution in [0.15, 0.2) is 46.9 Å². The van der Waals surface area contributed by atoms with Crippen LogP contribution >= 0.6 is 15.9 Å². The molecule has 0 radical (unpaired) electrons. The van der Waals surface area contributed by atoms with Crippen molar-refractivity contribution in [2.45, 2.75) is 0 Å². The summed E-state index contributed by atoms with van der Waals surface area (Å²) >= 11 is 3.30. The number of hydrogen-bond donors (Lipinski definition) is 1. The molecule has 7 nitrogen and oxygen atoms in total. The molecule has 0 saturated carbocycles. The molecule has 0 amide bonds. The predicted octanol–water partition coefficient (Wildman–Crippen LogP) is 3.88. The van der Waals surface area contributed by atoms with Crippen molar-refractivity contribution in [3.05, 3.63) is 68.2 Å². The number of non-ortho nitro benzene ring substituents is 1. The third-order valence-corrected chi connectivity index (χ3v) is 3.60. The molecule has 8 heteroatoms. The fraction of sp³-hybridized carbons (Fsp3) is 0.0588. The van der Waals surface area contributed by atoms with Crippen molar-refractivity contribution in [3.8, 4) is 11.8 Å². The second-order valence-corrected chi connectivity index (χ2v) is 5.76. The number of benzene rings is 2. The quantitative estimate of drug-likeness (QED) is 0.339. The molecule has 0 heterocycles. The molecule has 0 spiro atoms. The van der Waals surface area contributed by atoms with Gasteiger partial charge in [0.2, 0.25) is 0 Å². The minimum Gasteiger partial charge on any atom is -0.481 e. The fourth-order valence-corrected chi connectivity index (χ4v) is 2.40. The van der Waals surface area contributed by atoms with Crippen molar-refractivity contribution >= 4 is 39.2 Å². The Morgan fingerprint density at radius 1 is 1.36 bits per heavy atom. The van der Waals surface area contributed by atoms with Gasteiger partial charge in [0, 0.05) is 22.2 Å². The van der Waals surface area contributed by atoms with Gasteiger partial charge in [0.15, 0.2) is 6.61 Å². The molecule has 2 aromatic rings. The summed E-state index contributed by atoms with van der Waals surface area (Å²) in [5, 5.41) is 29.0. The first-order valence-electron chi connectivity index (χ1n) is 6.91. The van der Waals surface area contributed by atoms with E-state index in [9.17, 15) is 20.2 Å². The van der Waals surface area contributed by atoms with Gasteiger partial charge in [-0.05, 0) is 29.8 Å². The van der Waals surface area contributed by atoms with Crippen LogP contribution in [-0.4, -0.2) is 22.6 Å². The standard InChI is InChI=1S/C17H11BrN2O5/c18-14-4-5-16(25-10-17(21)22)12(7-14)6-13(9-19)11-2-1-3-15(8-11)20(23)24/h1-8H,10H2,(H,21,22). The third-order valence-electron chi connectivity index (χ3n) is 3.11. The van der Waals surface area contributed by atoms with Crippen molar-refractivity contribution < 1.29 is 19.6 Å². The number of hydrogen-bond acceptors (Lipinski definition) is 5. The average molecular weight is 403 g/mol. The Hall–Kier alpha value is -3.18. The van der Waals surface area contributed by atoms with Crippen LogP contribution in [0.1, 0.15) is 11.1 Å². The lowest BCUT2D eigenvalue weighted by Gasteiger charge is -2.08. The summed E-state index contributed by atoms with van der Waals surface area (Å²) in [6.45, 7) is -0.527. The van der Waals surface area contributed by atoms with Crippen molar-refractivity contribution in [2.75, 3.05) is 6.61 Å². The van der Waals surface area contributed by atoms with Crippen molar-refractivity contribution in [3.63, 3.8) is 0 Å². The monoisotopic (exact) mass is 402 g/mol. The number of ether oxygens (including phenoxy) is 1. The van der Waals surface area contributed by atoms with Crippen molar-refractivity contribution in [1.29, 1.82) is 5.26 Å². The molecule has 0 unspecified atom stereocenters. The summed E-state index contributed by atoms with van der Waals surface area (Å²) in [6.07, 6.45) is 1.49. The normalized spacial score (nSPS) is 10.8. The molecule has 0 aromatic heterocycles. The van der Waals surface area contributed by atoms with Gasteiger partial charge in [-0.3, -0.25) is 10.1 Å². The first-order valence-corrected chi connectivity index (χ1v) is 7.71. The van der Waals surface area contributed by atoms with Crippen molar-refractivity contribution in [1.82, 2.24) is 0 Å². The molecular formula is C17H11BrN2O5. The molecule has 0 aliphatic rings. The van der Waals surface area contributed by atoms with Gasteiger partial charge in [0.1, 0.15) is 5.75 Å². The molecule has 0 bridgehead atoms. The molecule has 0 fully saturated rings. The van der Waals surface area contributed by atoms with Crippen LogP contribution in [0.5, 0.6) is 5.75 Å². The lowest BCUT2D eigenvalue weighted by atomic mass is 10.0. The summed E-state index contributed by atoms with van der Waals surface area (Å²) in [7, 11) is 0. The summed E-state index contributed by atoms with van der Waals surface area (Å²) in [4.78, 5) is 21.0. The van der Waals surface area contributed by atoms with E-state index >= 15 is 0 Å². The third kappa shape index (κ3) is 4.89. The number of aliphatic carboxylic acids is 1. The summed E-state index contributed by atoms with van der Waals surface area (Å²) in [6, 6.07) is 12.6. The van der Waals surface area contributed by atoms with Crippen LogP contribution in [0, 0.1) is 21.4 Å². The Bertz CT molecular complexity index is 902. The lowest BCUT2D eigenvalue weighted by Crippen LogP contribution is -2.10. The van der Waals surface area contributed by atoms with E-state index in [1.54, 1.807) is 24.3 Å². The highest BCUT2D eigenvalue weighted by molar-refractivity contribution is 9.10. The Labute approximate surface area is 151 Å². The number of rotatable bonds is 6. The molecular weight excluding hydrogens is 392 g/mol. The topological polar surface area (TPSA) is 113 Å². The van der Waals surface area contributed by atoms with Crippen LogP contribution < -0.4 is 4.74 Å². The lowest BCUT2D eigenvalue weighted by molar-refractivity contribution is -0.384. The highest BCUT2D eigenvalue weighted by atomic mass is 79.9. The molecule has 0 atom stereocenters. The SMILES string of the molecule is N#CC(=Cc1cc(Br)ccc1OCC(=O)O)c1cccc([N+](=O)[O-])c1. The van der Waals surface area contributed by atoms with E-state index in [-0.39, 0.29) is 17.0 Å². The van der Waals surface area contributed by atoms with Crippen LogP contribution in [0.4, 0.5) is 5.69 Å². The first kappa shape index (κ1) is 18.2. The summed E-state index contributed by atoms with van der Waals surface area (Å²) in [5.41, 5.74) is 0.900.